The van der Waals surface area contributed by atoms with Crippen LogP contribution in [0.1, 0.15) is 18.1 Å². The van der Waals surface area contributed by atoms with Crippen molar-refractivity contribution in [3.63, 3.8) is 0 Å². The molecule has 0 aliphatic heterocycles. The topological polar surface area (TPSA) is 66.4 Å². The highest BCUT2D eigenvalue weighted by atomic mass is 32.2. The van der Waals surface area contributed by atoms with Crippen molar-refractivity contribution in [3.05, 3.63) is 59.7 Å². The van der Waals surface area contributed by atoms with E-state index in [1.165, 1.54) is 29.8 Å². The first-order chi connectivity index (χ1) is 9.51. The largest absolute Gasteiger partial charge is 0.508 e. The van der Waals surface area contributed by atoms with Gasteiger partial charge in [0.2, 0.25) is 10.0 Å². The summed E-state index contributed by atoms with van der Waals surface area (Å²) in [7, 11) is -3.61. The van der Waals surface area contributed by atoms with E-state index in [2.05, 4.69) is 11.6 Å². The summed E-state index contributed by atoms with van der Waals surface area (Å²) in [5.41, 5.74) is 2.11. The summed E-state index contributed by atoms with van der Waals surface area (Å²) >= 11 is 0. The number of hydrogen-bond donors (Lipinski definition) is 2. The molecule has 2 aromatic rings. The van der Waals surface area contributed by atoms with Gasteiger partial charge in [-0.2, -0.15) is 0 Å². The summed E-state index contributed by atoms with van der Waals surface area (Å²) in [4.78, 5) is 0.0580. The summed E-state index contributed by atoms with van der Waals surface area (Å²) in [5.74, 6) is -0.0693. The minimum absolute atomic E-state index is 0.0580. The Morgan fingerprint density at radius 2 is 1.70 bits per heavy atom. The lowest BCUT2D eigenvalue weighted by atomic mass is 10.1. The minimum Gasteiger partial charge on any atom is -0.508 e. The van der Waals surface area contributed by atoms with E-state index < -0.39 is 10.0 Å². The lowest BCUT2D eigenvalue weighted by molar-refractivity contribution is 0.473. The van der Waals surface area contributed by atoms with E-state index in [-0.39, 0.29) is 17.2 Å². The molecule has 0 amide bonds. The first kappa shape index (κ1) is 14.6. The molecule has 5 heteroatoms. The van der Waals surface area contributed by atoms with Gasteiger partial charge in [0.1, 0.15) is 5.75 Å². The predicted molar refractivity (Wildman–Crippen MR) is 78.0 cm³/mol. The molecule has 0 bridgehead atoms. The second-order valence-electron chi connectivity index (χ2n) is 4.49. The fourth-order valence-corrected chi connectivity index (χ4v) is 2.86. The Labute approximate surface area is 119 Å². The van der Waals surface area contributed by atoms with Crippen LogP contribution in [0.5, 0.6) is 5.75 Å². The van der Waals surface area contributed by atoms with Crippen LogP contribution in [0.25, 0.3) is 0 Å². The molecule has 2 aromatic carbocycles. The van der Waals surface area contributed by atoms with E-state index in [1.54, 1.807) is 0 Å². The minimum atomic E-state index is -3.61. The summed E-state index contributed by atoms with van der Waals surface area (Å²) < 4.78 is 26.6. The van der Waals surface area contributed by atoms with Crippen LogP contribution < -0.4 is 4.72 Å². The van der Waals surface area contributed by atoms with Crippen LogP contribution >= 0.6 is 0 Å². The van der Waals surface area contributed by atoms with Gasteiger partial charge < -0.3 is 5.11 Å². The Bertz CT molecular complexity index is 679. The van der Waals surface area contributed by atoms with Gasteiger partial charge >= 0.3 is 0 Å². The first-order valence-corrected chi connectivity index (χ1v) is 7.86. The second-order valence-corrected chi connectivity index (χ2v) is 6.26. The zero-order valence-corrected chi connectivity index (χ0v) is 12.0. The maximum atomic E-state index is 12.1. The van der Waals surface area contributed by atoms with Gasteiger partial charge in [0.15, 0.2) is 0 Å². The van der Waals surface area contributed by atoms with Crippen LogP contribution in [-0.2, 0) is 23.0 Å². The third kappa shape index (κ3) is 3.59. The van der Waals surface area contributed by atoms with Gasteiger partial charge in [-0.3, -0.25) is 0 Å². The fourth-order valence-electron chi connectivity index (χ4n) is 1.81. The van der Waals surface area contributed by atoms with Gasteiger partial charge in [0.05, 0.1) is 4.90 Å². The van der Waals surface area contributed by atoms with Crippen molar-refractivity contribution in [2.45, 2.75) is 24.8 Å². The fraction of sp³-hybridized carbons (Fsp3) is 0.200. The van der Waals surface area contributed by atoms with Crippen LogP contribution in [0.3, 0.4) is 0 Å². The van der Waals surface area contributed by atoms with E-state index in [0.717, 1.165) is 12.0 Å². The Balaban J connectivity index is 2.09. The Kier molecular flexibility index (Phi) is 4.42. The van der Waals surface area contributed by atoms with Gasteiger partial charge in [0.25, 0.3) is 0 Å². The molecule has 0 saturated heterocycles. The normalized spacial score (nSPS) is 11.4. The standard InChI is InChI=1S/C15H17NO3S/c1-2-12-6-8-13(9-7-12)11-16-20(18,19)15-5-3-4-14(17)10-15/h3-10,16-17H,2,11H2,1H3. The van der Waals surface area contributed by atoms with E-state index in [4.69, 9.17) is 0 Å². The van der Waals surface area contributed by atoms with E-state index in [9.17, 15) is 13.5 Å². The molecule has 0 atom stereocenters. The third-order valence-corrected chi connectivity index (χ3v) is 4.42. The molecule has 0 spiro atoms. The van der Waals surface area contributed by atoms with Crippen molar-refractivity contribution in [3.8, 4) is 5.75 Å². The number of aryl methyl sites for hydroxylation is 1. The molecule has 0 fully saturated rings. The van der Waals surface area contributed by atoms with Gasteiger partial charge in [-0.1, -0.05) is 37.3 Å². The zero-order chi connectivity index (χ0) is 14.6. The molecule has 4 nitrogen and oxygen atoms in total. The van der Waals surface area contributed by atoms with Crippen molar-refractivity contribution in [2.24, 2.45) is 0 Å². The molecule has 0 aliphatic carbocycles. The van der Waals surface area contributed by atoms with Gasteiger partial charge in [0, 0.05) is 6.54 Å². The van der Waals surface area contributed by atoms with Crippen LogP contribution in [-0.4, -0.2) is 13.5 Å². The van der Waals surface area contributed by atoms with Crippen LogP contribution in [0.2, 0.25) is 0 Å². The highest BCUT2D eigenvalue weighted by Crippen LogP contribution is 2.16. The SMILES string of the molecule is CCc1ccc(CNS(=O)(=O)c2cccc(O)c2)cc1. The van der Waals surface area contributed by atoms with Crippen molar-refractivity contribution in [2.75, 3.05) is 0 Å². The number of rotatable bonds is 5. The Hall–Kier alpha value is -1.85. The Morgan fingerprint density at radius 3 is 2.30 bits per heavy atom. The van der Waals surface area contributed by atoms with Crippen LogP contribution in [0, 0.1) is 0 Å². The second kappa shape index (κ2) is 6.07. The lowest BCUT2D eigenvalue weighted by Crippen LogP contribution is -2.23. The zero-order valence-electron chi connectivity index (χ0n) is 11.2. The summed E-state index contributed by atoms with van der Waals surface area (Å²) in [6, 6.07) is 13.4. The molecule has 0 aromatic heterocycles. The Morgan fingerprint density at radius 1 is 1.05 bits per heavy atom. The molecule has 0 saturated carbocycles. The maximum absolute atomic E-state index is 12.1. The van der Waals surface area contributed by atoms with E-state index >= 15 is 0 Å². The first-order valence-electron chi connectivity index (χ1n) is 6.38. The van der Waals surface area contributed by atoms with Crippen molar-refractivity contribution in [1.29, 1.82) is 0 Å². The maximum Gasteiger partial charge on any atom is 0.241 e. The monoisotopic (exact) mass is 291 g/mol. The molecule has 20 heavy (non-hydrogen) atoms. The number of phenolic OH excluding ortho intramolecular Hbond substituents is 1. The van der Waals surface area contributed by atoms with Crippen molar-refractivity contribution < 1.29 is 13.5 Å². The molecule has 0 unspecified atom stereocenters. The molecule has 106 valence electrons. The molecule has 2 rings (SSSR count). The number of aromatic hydroxyl groups is 1. The molecular formula is C15H17NO3S. The summed E-state index contributed by atoms with van der Waals surface area (Å²) in [6.07, 6.45) is 0.954. The van der Waals surface area contributed by atoms with E-state index in [1.807, 2.05) is 24.3 Å². The highest BCUT2D eigenvalue weighted by Gasteiger charge is 2.13. The molecule has 2 N–H and O–H groups in total. The van der Waals surface area contributed by atoms with Gasteiger partial charge in [-0.25, -0.2) is 13.1 Å². The molecular weight excluding hydrogens is 274 g/mol. The number of benzene rings is 2. The average molecular weight is 291 g/mol. The molecule has 0 aliphatic rings. The third-order valence-electron chi connectivity index (χ3n) is 3.03. The molecule has 0 radical (unpaired) electrons. The highest BCUT2D eigenvalue weighted by molar-refractivity contribution is 7.89. The smallest absolute Gasteiger partial charge is 0.241 e. The average Bonchev–Trinajstić information content (AvgIpc) is 2.46. The predicted octanol–water partition coefficient (Wildman–Crippen LogP) is 2.43. The number of nitrogens with one attached hydrogen (secondary N) is 1. The summed E-state index contributed by atoms with van der Waals surface area (Å²) in [6.45, 7) is 2.29. The summed E-state index contributed by atoms with van der Waals surface area (Å²) in [5, 5.41) is 9.33. The number of hydrogen-bond acceptors (Lipinski definition) is 3. The van der Waals surface area contributed by atoms with Gasteiger partial charge in [-0.15, -0.1) is 0 Å². The van der Waals surface area contributed by atoms with Crippen molar-refractivity contribution >= 4 is 10.0 Å². The molecule has 0 heterocycles. The van der Waals surface area contributed by atoms with Crippen LogP contribution in [0.15, 0.2) is 53.4 Å². The van der Waals surface area contributed by atoms with Crippen LogP contribution in [0.4, 0.5) is 0 Å². The lowest BCUT2D eigenvalue weighted by Gasteiger charge is -2.07. The number of phenols is 1. The van der Waals surface area contributed by atoms with Gasteiger partial charge in [-0.05, 0) is 35.7 Å². The quantitative estimate of drug-likeness (QED) is 0.889. The van der Waals surface area contributed by atoms with Crippen molar-refractivity contribution in [1.82, 2.24) is 4.72 Å². The van der Waals surface area contributed by atoms with E-state index in [0.29, 0.717) is 0 Å². The number of sulfonamides is 1.